The van der Waals surface area contributed by atoms with Crippen LogP contribution in [0.25, 0.3) is 5.57 Å². The number of rotatable bonds is 11. The van der Waals surface area contributed by atoms with Gasteiger partial charge in [0.15, 0.2) is 9.84 Å². The lowest BCUT2D eigenvalue weighted by atomic mass is 9.32. The Kier molecular flexibility index (Phi) is 10.7. The van der Waals surface area contributed by atoms with Gasteiger partial charge in [-0.05, 0) is 177 Å². The Morgan fingerprint density at radius 1 is 0.877 bits per heavy atom. The molecule has 57 heavy (non-hydrogen) atoms. The number of hydrogen-bond acceptors (Lipinski definition) is 7. The summed E-state index contributed by atoms with van der Waals surface area (Å²) in [6.07, 6.45) is 16.2. The summed E-state index contributed by atoms with van der Waals surface area (Å²) in [4.78, 5) is 15.2. The van der Waals surface area contributed by atoms with Gasteiger partial charge in [0.25, 0.3) is 5.91 Å². The lowest BCUT2D eigenvalue weighted by Crippen LogP contribution is -2.65. The molecule has 1 amide bonds. The summed E-state index contributed by atoms with van der Waals surface area (Å²) in [5.74, 6) is 3.24. The van der Waals surface area contributed by atoms with E-state index in [9.17, 15) is 21.6 Å². The zero-order chi connectivity index (χ0) is 40.8. The van der Waals surface area contributed by atoms with Crippen molar-refractivity contribution in [1.82, 2.24) is 14.9 Å². The van der Waals surface area contributed by atoms with Gasteiger partial charge in [-0.2, -0.15) is 0 Å². The van der Waals surface area contributed by atoms with Gasteiger partial charge in [-0.1, -0.05) is 65.0 Å². The molecule has 7 aliphatic rings. The maximum Gasteiger partial charge on any atom is 0.264 e. The lowest BCUT2D eigenvalue weighted by molar-refractivity contribution is -0.225. The first kappa shape index (κ1) is 41.7. The summed E-state index contributed by atoms with van der Waals surface area (Å²) >= 11 is 0. The van der Waals surface area contributed by atoms with Crippen molar-refractivity contribution in [2.45, 2.75) is 124 Å². The van der Waals surface area contributed by atoms with Crippen LogP contribution >= 0.6 is 0 Å². The first-order valence-electron chi connectivity index (χ1n) is 22.4. The van der Waals surface area contributed by atoms with Crippen LogP contribution in [0.1, 0.15) is 135 Å². The number of carbonyl (C=O) groups excluding carboxylic acids is 1. The van der Waals surface area contributed by atoms with Gasteiger partial charge >= 0.3 is 0 Å². The molecule has 6 fully saturated rings. The highest BCUT2D eigenvalue weighted by atomic mass is 32.2. The molecule has 2 N–H and O–H groups in total. The highest BCUT2D eigenvalue weighted by Gasteiger charge is 2.70. The third-order valence-electron chi connectivity index (χ3n) is 18.2. The second-order valence-corrected chi connectivity index (χ2v) is 25.6. The number of nitrogens with one attached hydrogen (secondary N) is 2. The van der Waals surface area contributed by atoms with Crippen LogP contribution in [0.15, 0.2) is 42.5 Å². The first-order chi connectivity index (χ1) is 26.8. The standard InChI is InChI=1S/C47H71N3O5S2/c1-32(2)36-17-22-47(31-48-25-8-26-50-27-29-56(52,53)30-28-50)24-23-45(6)38(41(36)47)15-16-40-44(5)20-18-37(43(3,4)39(44)19-21-46(40,45)7)33-9-11-34(12-10-33)42(51)49-57(54,55)35-13-14-35/h9-12,18,35-36,38-41,48H,1,8,13-17,19-31H2,2-7H3,(H,49,51). The van der Waals surface area contributed by atoms with Crippen LogP contribution < -0.4 is 10.0 Å². The minimum absolute atomic E-state index is 0.0409. The molecule has 316 valence electrons. The molecule has 5 saturated carbocycles. The predicted octanol–water partition coefficient (Wildman–Crippen LogP) is 8.27. The van der Waals surface area contributed by atoms with Gasteiger partial charge < -0.3 is 10.2 Å². The van der Waals surface area contributed by atoms with Gasteiger partial charge in [0.1, 0.15) is 0 Å². The molecule has 0 bridgehead atoms. The molecule has 8 nitrogen and oxygen atoms in total. The topological polar surface area (TPSA) is 113 Å². The zero-order valence-corrected chi connectivity index (χ0v) is 37.4. The number of fused-ring (bicyclic) bond motifs is 7. The SMILES string of the molecule is C=C(C)C1CCC2(CNCCCN3CCS(=O)(=O)CC3)CCC3(C)C(CCC4C5(C)CC=C(c6ccc(C(=O)NS(=O)(=O)C7CC7)cc6)C(C)(C)C5CCC43C)C12. The van der Waals surface area contributed by atoms with Crippen LogP contribution in [0, 0.1) is 56.7 Å². The van der Waals surface area contributed by atoms with Gasteiger partial charge in [-0.15, -0.1) is 0 Å². The lowest BCUT2D eigenvalue weighted by Gasteiger charge is -2.72. The van der Waals surface area contributed by atoms with Crippen molar-refractivity contribution in [3.8, 4) is 0 Å². The van der Waals surface area contributed by atoms with Crippen LogP contribution in [0.5, 0.6) is 0 Å². The van der Waals surface area contributed by atoms with Gasteiger partial charge in [0, 0.05) is 25.2 Å². The van der Waals surface area contributed by atoms with Gasteiger partial charge in [-0.25, -0.2) is 21.6 Å². The van der Waals surface area contributed by atoms with Crippen molar-refractivity contribution in [2.75, 3.05) is 44.2 Å². The molecular formula is C47H71N3O5S2. The minimum Gasteiger partial charge on any atom is -0.316 e. The highest BCUT2D eigenvalue weighted by molar-refractivity contribution is 7.91. The summed E-state index contributed by atoms with van der Waals surface area (Å²) in [5, 5.41) is 3.55. The van der Waals surface area contributed by atoms with E-state index in [1.165, 1.54) is 62.5 Å². The van der Waals surface area contributed by atoms with E-state index in [0.717, 1.165) is 38.0 Å². The molecule has 9 atom stereocenters. The van der Waals surface area contributed by atoms with Crippen molar-refractivity contribution in [1.29, 1.82) is 0 Å². The molecule has 1 saturated heterocycles. The minimum atomic E-state index is -3.59. The highest BCUT2D eigenvalue weighted by Crippen LogP contribution is 2.77. The number of sulfone groups is 1. The summed E-state index contributed by atoms with van der Waals surface area (Å²) in [6, 6.07) is 7.65. The maximum atomic E-state index is 12.9. The van der Waals surface area contributed by atoms with E-state index in [1.807, 2.05) is 12.1 Å². The number of amides is 1. The molecule has 10 heteroatoms. The van der Waals surface area contributed by atoms with Gasteiger partial charge in [0.05, 0.1) is 16.8 Å². The van der Waals surface area contributed by atoms with Crippen LogP contribution in [0.3, 0.4) is 0 Å². The van der Waals surface area contributed by atoms with Crippen molar-refractivity contribution in [2.24, 2.45) is 56.7 Å². The van der Waals surface area contributed by atoms with Crippen molar-refractivity contribution in [3.05, 3.63) is 53.6 Å². The number of nitrogens with zero attached hydrogens (tertiary/aromatic N) is 1. The molecule has 1 aromatic rings. The molecule has 1 heterocycles. The molecule has 8 rings (SSSR count). The molecule has 0 radical (unpaired) electrons. The fourth-order valence-corrected chi connectivity index (χ4v) is 17.5. The third kappa shape index (κ3) is 7.04. The Morgan fingerprint density at radius 3 is 2.25 bits per heavy atom. The Balaban J connectivity index is 0.980. The van der Waals surface area contributed by atoms with E-state index >= 15 is 0 Å². The Morgan fingerprint density at radius 2 is 1.58 bits per heavy atom. The fraction of sp³-hybridized carbons (Fsp3) is 0.766. The normalized spacial score (nSPS) is 39.8. The first-order valence-corrected chi connectivity index (χ1v) is 25.8. The van der Waals surface area contributed by atoms with E-state index in [1.54, 1.807) is 12.1 Å². The summed E-state index contributed by atoms with van der Waals surface area (Å²) in [7, 11) is -6.43. The van der Waals surface area contributed by atoms with E-state index in [-0.39, 0.29) is 21.7 Å². The number of sulfonamides is 1. The van der Waals surface area contributed by atoms with E-state index in [2.05, 4.69) is 69.1 Å². The average Bonchev–Trinajstić information content (AvgIpc) is 3.94. The molecule has 9 unspecified atom stereocenters. The van der Waals surface area contributed by atoms with Crippen LogP contribution in [-0.4, -0.2) is 77.1 Å². The van der Waals surface area contributed by atoms with Crippen LogP contribution in [0.2, 0.25) is 0 Å². The second-order valence-electron chi connectivity index (χ2n) is 21.4. The van der Waals surface area contributed by atoms with E-state index < -0.39 is 31.0 Å². The van der Waals surface area contributed by atoms with Crippen LogP contribution in [-0.2, 0) is 19.9 Å². The monoisotopic (exact) mass is 821 g/mol. The number of hydrogen-bond donors (Lipinski definition) is 2. The zero-order valence-electron chi connectivity index (χ0n) is 35.8. The van der Waals surface area contributed by atoms with Crippen molar-refractivity contribution >= 4 is 31.3 Å². The van der Waals surface area contributed by atoms with E-state index in [0.29, 0.717) is 78.0 Å². The molecular weight excluding hydrogens is 751 g/mol. The Labute approximate surface area is 344 Å². The number of allylic oxidation sites excluding steroid dienone is 3. The smallest absolute Gasteiger partial charge is 0.264 e. The summed E-state index contributed by atoms with van der Waals surface area (Å²) in [6.45, 7) is 24.3. The van der Waals surface area contributed by atoms with Crippen molar-refractivity contribution in [3.63, 3.8) is 0 Å². The average molecular weight is 822 g/mol. The molecule has 0 spiro atoms. The maximum absolute atomic E-state index is 12.9. The molecule has 6 aliphatic carbocycles. The number of carbonyl (C=O) groups is 1. The van der Waals surface area contributed by atoms with E-state index in [4.69, 9.17) is 0 Å². The fourth-order valence-electron chi connectivity index (χ4n) is 14.9. The van der Waals surface area contributed by atoms with Gasteiger partial charge in [-0.3, -0.25) is 4.79 Å². The summed E-state index contributed by atoms with van der Waals surface area (Å²) in [5.41, 5.74) is 5.30. The number of benzene rings is 1. The Bertz CT molecular complexity index is 1990. The largest absolute Gasteiger partial charge is 0.316 e. The molecule has 0 aromatic heterocycles. The molecule has 1 aromatic carbocycles. The Hall–Kier alpha value is -2.01. The van der Waals surface area contributed by atoms with Gasteiger partial charge in [0.2, 0.25) is 10.0 Å². The quantitative estimate of drug-likeness (QED) is 0.171. The predicted molar refractivity (Wildman–Crippen MR) is 231 cm³/mol. The molecule has 1 aliphatic heterocycles. The van der Waals surface area contributed by atoms with Crippen LogP contribution in [0.4, 0.5) is 0 Å². The van der Waals surface area contributed by atoms with Crippen molar-refractivity contribution < 1.29 is 21.6 Å². The second kappa shape index (κ2) is 14.6. The summed E-state index contributed by atoms with van der Waals surface area (Å²) < 4.78 is 50.9. The third-order valence-corrected chi connectivity index (χ3v) is 21.6.